The highest BCUT2D eigenvalue weighted by Gasteiger charge is 2.23. The van der Waals surface area contributed by atoms with Crippen molar-refractivity contribution in [3.8, 4) is 0 Å². The van der Waals surface area contributed by atoms with Crippen molar-refractivity contribution in [1.29, 1.82) is 0 Å². The van der Waals surface area contributed by atoms with Gasteiger partial charge < -0.3 is 5.32 Å². The molecule has 0 radical (unpaired) electrons. The maximum Gasteiger partial charge on any atom is 0.346 e. The van der Waals surface area contributed by atoms with Crippen LogP contribution in [0, 0.1) is 6.92 Å². The van der Waals surface area contributed by atoms with Gasteiger partial charge in [-0.2, -0.15) is 5.10 Å². The summed E-state index contributed by atoms with van der Waals surface area (Å²) in [6.07, 6.45) is 1.98. The number of thiazole rings is 1. The number of aromatic nitrogens is 4. The maximum absolute atomic E-state index is 12.7. The van der Waals surface area contributed by atoms with Crippen molar-refractivity contribution in [1.82, 2.24) is 24.6 Å². The van der Waals surface area contributed by atoms with E-state index >= 15 is 0 Å². The van der Waals surface area contributed by atoms with Crippen LogP contribution in [0.5, 0.6) is 0 Å². The van der Waals surface area contributed by atoms with Crippen LogP contribution in [0.4, 0.5) is 0 Å². The number of nitrogens with one attached hydrogen (secondary N) is 1. The molecular formula is C19H21N5O3S2. The lowest BCUT2D eigenvalue weighted by Gasteiger charge is -2.15. The average molecular weight is 432 g/mol. The molecule has 0 saturated carbocycles. The Balaban J connectivity index is 1.41. The Labute approximate surface area is 175 Å². The quantitative estimate of drug-likeness (QED) is 0.625. The third-order valence-electron chi connectivity index (χ3n) is 4.94. The normalized spacial score (nSPS) is 16.3. The number of rotatable bonds is 5. The predicted octanol–water partition coefficient (Wildman–Crippen LogP) is 2.26. The highest BCUT2D eigenvalue weighted by Crippen LogP contribution is 2.17. The van der Waals surface area contributed by atoms with Crippen molar-refractivity contribution < 1.29 is 9.59 Å². The van der Waals surface area contributed by atoms with E-state index in [1.54, 1.807) is 27.4 Å². The molecule has 10 heteroatoms. The molecule has 1 N–H and O–H groups in total. The number of Topliss-reactive ketones (excluding diaryl/α,β-unsaturated/α-hetero) is 1. The number of thiophene rings is 1. The van der Waals surface area contributed by atoms with E-state index in [1.807, 2.05) is 12.3 Å². The van der Waals surface area contributed by atoms with Gasteiger partial charge in [-0.15, -0.1) is 22.7 Å². The van der Waals surface area contributed by atoms with Crippen molar-refractivity contribution in [2.75, 3.05) is 0 Å². The highest BCUT2D eigenvalue weighted by molar-refractivity contribution is 7.12. The smallest absolute Gasteiger partial charge is 0.346 e. The number of hydrogen-bond donors (Lipinski definition) is 1. The molecule has 3 aromatic heterocycles. The van der Waals surface area contributed by atoms with E-state index in [9.17, 15) is 14.4 Å². The lowest BCUT2D eigenvalue weighted by Crippen LogP contribution is -2.35. The van der Waals surface area contributed by atoms with Gasteiger partial charge in [-0.05, 0) is 32.8 Å². The molecule has 0 aromatic carbocycles. The fourth-order valence-electron chi connectivity index (χ4n) is 3.42. The largest absolute Gasteiger partial charge is 0.349 e. The standard InChI is InChI=1S/C19H21N5O3S2/c1-11(25)16-7-13(9-29-16)18(26)21-14-3-4-17-22-24(19(27)23(17)6-5-14)8-15-10-28-12(2)20-15/h7,9-10,14H,3-6,8H2,1-2H3,(H,21,26). The summed E-state index contributed by atoms with van der Waals surface area (Å²) in [5.74, 6) is 0.515. The average Bonchev–Trinajstić information content (AvgIpc) is 3.36. The van der Waals surface area contributed by atoms with Crippen LogP contribution >= 0.6 is 22.7 Å². The summed E-state index contributed by atoms with van der Waals surface area (Å²) in [4.78, 5) is 41.6. The lowest BCUT2D eigenvalue weighted by molar-refractivity contribution is 0.0933. The molecule has 1 aliphatic heterocycles. The second-order valence-electron chi connectivity index (χ2n) is 7.12. The third kappa shape index (κ3) is 4.23. The van der Waals surface area contributed by atoms with Crippen LogP contribution in [-0.2, 0) is 19.5 Å². The number of carbonyl (C=O) groups excluding carboxylic acids is 2. The first kappa shape index (κ1) is 19.7. The van der Waals surface area contributed by atoms with E-state index < -0.39 is 0 Å². The molecule has 0 fully saturated rings. The Morgan fingerprint density at radius 1 is 1.28 bits per heavy atom. The first-order valence-electron chi connectivity index (χ1n) is 9.38. The minimum atomic E-state index is -0.186. The Kier molecular flexibility index (Phi) is 5.46. The molecule has 4 heterocycles. The fraction of sp³-hybridized carbons (Fsp3) is 0.421. The van der Waals surface area contributed by atoms with Crippen molar-refractivity contribution in [3.63, 3.8) is 0 Å². The summed E-state index contributed by atoms with van der Waals surface area (Å²) in [6.45, 7) is 4.31. The maximum atomic E-state index is 12.7. The molecule has 152 valence electrons. The van der Waals surface area contributed by atoms with Crippen LogP contribution in [0.3, 0.4) is 0 Å². The zero-order valence-corrected chi connectivity index (χ0v) is 17.8. The van der Waals surface area contributed by atoms with Crippen LogP contribution < -0.4 is 11.0 Å². The van der Waals surface area contributed by atoms with Crippen molar-refractivity contribution in [3.05, 3.63) is 54.3 Å². The van der Waals surface area contributed by atoms with Gasteiger partial charge in [-0.1, -0.05) is 0 Å². The summed E-state index contributed by atoms with van der Waals surface area (Å²) < 4.78 is 3.17. The minimum absolute atomic E-state index is 0.0427. The van der Waals surface area contributed by atoms with Gasteiger partial charge in [-0.25, -0.2) is 14.5 Å². The minimum Gasteiger partial charge on any atom is -0.349 e. The van der Waals surface area contributed by atoms with Crippen molar-refractivity contribution in [2.24, 2.45) is 0 Å². The van der Waals surface area contributed by atoms with Gasteiger partial charge in [0.25, 0.3) is 5.91 Å². The number of carbonyl (C=O) groups is 2. The number of hydrogen-bond acceptors (Lipinski definition) is 7. The van der Waals surface area contributed by atoms with Crippen LogP contribution in [0.2, 0.25) is 0 Å². The molecule has 0 spiro atoms. The molecule has 4 rings (SSSR count). The molecule has 0 saturated heterocycles. The van der Waals surface area contributed by atoms with E-state index in [1.165, 1.54) is 22.9 Å². The van der Waals surface area contributed by atoms with E-state index in [0.717, 1.165) is 16.5 Å². The van der Waals surface area contributed by atoms with Gasteiger partial charge in [0.05, 0.1) is 27.7 Å². The zero-order valence-electron chi connectivity index (χ0n) is 16.2. The number of ketones is 1. The molecular weight excluding hydrogens is 410 g/mol. The molecule has 1 atom stereocenters. The Bertz CT molecular complexity index is 1120. The molecule has 0 aliphatic carbocycles. The summed E-state index contributed by atoms with van der Waals surface area (Å²) in [7, 11) is 0. The molecule has 8 nitrogen and oxygen atoms in total. The van der Waals surface area contributed by atoms with Gasteiger partial charge in [0.15, 0.2) is 5.78 Å². The third-order valence-corrected chi connectivity index (χ3v) is 6.79. The summed E-state index contributed by atoms with van der Waals surface area (Å²) in [5, 5.41) is 12.1. The number of nitrogens with zero attached hydrogens (tertiary/aromatic N) is 4. The van der Waals surface area contributed by atoms with E-state index in [2.05, 4.69) is 15.4 Å². The Morgan fingerprint density at radius 3 is 2.79 bits per heavy atom. The van der Waals surface area contributed by atoms with Crippen molar-refractivity contribution in [2.45, 2.75) is 52.2 Å². The van der Waals surface area contributed by atoms with E-state index in [4.69, 9.17) is 0 Å². The van der Waals surface area contributed by atoms with Gasteiger partial charge in [0.1, 0.15) is 5.82 Å². The summed E-state index contributed by atoms with van der Waals surface area (Å²) in [5.41, 5.74) is 1.21. The second kappa shape index (κ2) is 8.03. The first-order chi connectivity index (χ1) is 13.9. The lowest BCUT2D eigenvalue weighted by atomic mass is 10.1. The molecule has 0 bridgehead atoms. The molecule has 1 amide bonds. The van der Waals surface area contributed by atoms with Crippen LogP contribution in [-0.4, -0.2) is 37.1 Å². The summed E-state index contributed by atoms with van der Waals surface area (Å²) in [6, 6.07) is 1.59. The van der Waals surface area contributed by atoms with Crippen molar-refractivity contribution >= 4 is 34.4 Å². The number of fused-ring (bicyclic) bond motifs is 1. The van der Waals surface area contributed by atoms with Gasteiger partial charge in [0.2, 0.25) is 0 Å². The number of aryl methyl sites for hydroxylation is 2. The van der Waals surface area contributed by atoms with E-state index in [-0.39, 0.29) is 23.4 Å². The van der Waals surface area contributed by atoms with Gasteiger partial charge >= 0.3 is 5.69 Å². The van der Waals surface area contributed by atoms with Gasteiger partial charge in [-0.3, -0.25) is 14.2 Å². The molecule has 3 aromatic rings. The fourth-order valence-corrected chi connectivity index (χ4v) is 4.81. The number of amides is 1. The SMILES string of the molecule is CC(=O)c1cc(C(=O)NC2CCc3nn(Cc4csc(C)n4)c(=O)n3CC2)cs1. The summed E-state index contributed by atoms with van der Waals surface area (Å²) >= 11 is 2.83. The molecule has 29 heavy (non-hydrogen) atoms. The topological polar surface area (TPSA) is 98.9 Å². The molecule has 1 aliphatic rings. The zero-order chi connectivity index (χ0) is 20.5. The monoisotopic (exact) mass is 431 g/mol. The predicted molar refractivity (Wildman–Crippen MR) is 111 cm³/mol. The highest BCUT2D eigenvalue weighted by atomic mass is 32.1. The Morgan fingerprint density at radius 2 is 2.10 bits per heavy atom. The first-order valence-corrected chi connectivity index (χ1v) is 11.1. The van der Waals surface area contributed by atoms with Crippen LogP contribution in [0.15, 0.2) is 21.6 Å². The Hall–Kier alpha value is -2.59. The second-order valence-corrected chi connectivity index (χ2v) is 9.09. The van der Waals surface area contributed by atoms with Crippen LogP contribution in [0.25, 0.3) is 0 Å². The van der Waals surface area contributed by atoms with Gasteiger partial charge in [0, 0.05) is 29.8 Å². The molecule has 1 unspecified atom stereocenters. The van der Waals surface area contributed by atoms with E-state index in [0.29, 0.717) is 42.8 Å². The van der Waals surface area contributed by atoms with Crippen LogP contribution in [0.1, 0.15) is 56.3 Å².